The van der Waals surface area contributed by atoms with Crippen molar-refractivity contribution in [2.45, 2.75) is 30.5 Å². The predicted octanol–water partition coefficient (Wildman–Crippen LogP) is 4.49. The van der Waals surface area contributed by atoms with E-state index in [0.717, 1.165) is 13.0 Å². The Balaban J connectivity index is 2.26. The van der Waals surface area contributed by atoms with Crippen molar-refractivity contribution in [1.82, 2.24) is 0 Å². The van der Waals surface area contributed by atoms with E-state index in [-0.39, 0.29) is 11.8 Å². The van der Waals surface area contributed by atoms with Gasteiger partial charge in [-0.25, -0.2) is 4.39 Å². The third-order valence-corrected chi connectivity index (χ3v) is 4.54. The van der Waals surface area contributed by atoms with Crippen molar-refractivity contribution in [3.8, 4) is 17.9 Å². The first-order valence-corrected chi connectivity index (χ1v) is 9.10. The highest BCUT2D eigenvalue weighted by molar-refractivity contribution is 5.97. The number of anilines is 1. The highest BCUT2D eigenvalue weighted by Gasteiger charge is 2.74. The molecule has 0 aliphatic rings. The third kappa shape index (κ3) is 5.21. The lowest BCUT2D eigenvalue weighted by molar-refractivity contribution is -0.348. The number of ether oxygens (including phenoxy) is 1. The Bertz CT molecular complexity index is 1130. The molecule has 0 spiro atoms. The summed E-state index contributed by atoms with van der Waals surface area (Å²) < 4.78 is 97.6. The van der Waals surface area contributed by atoms with Gasteiger partial charge in [-0.2, -0.15) is 36.9 Å². The smallest absolute Gasteiger partial charge is 0.435 e. The van der Waals surface area contributed by atoms with Crippen LogP contribution in [0.3, 0.4) is 0 Å². The molecule has 2 aromatic rings. The fraction of sp³-hybridized carbons (Fsp3) is 0.286. The SMILES string of the molecule is C[C@@](O)(COc1ccc(C#N)cc1)C(=O)Nc1ccc(C(F)(C(F)(F)F)C(F)(F)F)c(C#N)c1. The molecule has 0 aliphatic carbocycles. The largest absolute Gasteiger partial charge is 0.490 e. The van der Waals surface area contributed by atoms with Crippen LogP contribution in [0.15, 0.2) is 42.5 Å². The molecule has 34 heavy (non-hydrogen) atoms. The molecule has 1 amide bonds. The summed E-state index contributed by atoms with van der Waals surface area (Å²) in [5, 5.41) is 30.1. The Kier molecular flexibility index (Phi) is 7.14. The maximum atomic E-state index is 14.3. The van der Waals surface area contributed by atoms with E-state index >= 15 is 0 Å². The minimum absolute atomic E-state index is 0.0805. The van der Waals surface area contributed by atoms with Crippen LogP contribution < -0.4 is 10.1 Å². The number of aliphatic hydroxyl groups is 1. The average Bonchev–Trinajstić information content (AvgIpc) is 2.75. The summed E-state index contributed by atoms with van der Waals surface area (Å²) in [6.45, 7) is 0.370. The molecular formula is C21H14F7N3O3. The molecule has 0 radical (unpaired) electrons. The molecule has 2 N–H and O–H groups in total. The van der Waals surface area contributed by atoms with E-state index in [1.54, 1.807) is 0 Å². The lowest BCUT2D eigenvalue weighted by Gasteiger charge is -2.31. The lowest BCUT2D eigenvalue weighted by Crippen LogP contribution is -2.50. The Labute approximate surface area is 187 Å². The number of amides is 1. The molecule has 6 nitrogen and oxygen atoms in total. The molecule has 1 atom stereocenters. The molecule has 0 heterocycles. The van der Waals surface area contributed by atoms with E-state index in [2.05, 4.69) is 0 Å². The number of hydrogen-bond donors (Lipinski definition) is 2. The maximum Gasteiger partial charge on any atom is 0.435 e. The monoisotopic (exact) mass is 489 g/mol. The topological polar surface area (TPSA) is 106 Å². The van der Waals surface area contributed by atoms with E-state index in [1.165, 1.54) is 24.3 Å². The Hall–Kier alpha value is -3.84. The Morgan fingerprint density at radius 3 is 2.00 bits per heavy atom. The van der Waals surface area contributed by atoms with Gasteiger partial charge in [0.25, 0.3) is 5.91 Å². The first kappa shape index (κ1) is 26.4. The predicted molar refractivity (Wildman–Crippen MR) is 102 cm³/mol. The highest BCUT2D eigenvalue weighted by atomic mass is 19.4. The van der Waals surface area contributed by atoms with E-state index in [4.69, 9.17) is 15.3 Å². The van der Waals surface area contributed by atoms with E-state index in [1.807, 2.05) is 11.4 Å². The average molecular weight is 489 g/mol. The van der Waals surface area contributed by atoms with Crippen LogP contribution in [-0.2, 0) is 10.5 Å². The number of carbonyl (C=O) groups excluding carboxylic acids is 1. The number of benzene rings is 2. The zero-order valence-corrected chi connectivity index (χ0v) is 17.1. The van der Waals surface area contributed by atoms with Crippen LogP contribution in [-0.4, -0.2) is 35.6 Å². The van der Waals surface area contributed by atoms with Gasteiger partial charge in [-0.1, -0.05) is 6.07 Å². The van der Waals surface area contributed by atoms with Crippen molar-refractivity contribution < 1.29 is 45.4 Å². The molecular weight excluding hydrogens is 475 g/mol. The molecule has 0 unspecified atom stereocenters. The van der Waals surface area contributed by atoms with Crippen LogP contribution in [0.5, 0.6) is 5.75 Å². The number of rotatable bonds is 6. The number of hydrogen-bond acceptors (Lipinski definition) is 5. The van der Waals surface area contributed by atoms with E-state index in [9.17, 15) is 40.6 Å². The summed E-state index contributed by atoms with van der Waals surface area (Å²) in [5.74, 6) is -1.00. The van der Waals surface area contributed by atoms with Crippen LogP contribution in [0.2, 0.25) is 0 Å². The molecule has 0 saturated carbocycles. The van der Waals surface area contributed by atoms with Crippen molar-refractivity contribution in [3.05, 3.63) is 59.2 Å². The Morgan fingerprint density at radius 1 is 0.971 bits per heavy atom. The van der Waals surface area contributed by atoms with Gasteiger partial charge in [0.2, 0.25) is 0 Å². The van der Waals surface area contributed by atoms with Crippen molar-refractivity contribution in [2.75, 3.05) is 11.9 Å². The van der Waals surface area contributed by atoms with Gasteiger partial charge >= 0.3 is 18.0 Å². The molecule has 0 bridgehead atoms. The summed E-state index contributed by atoms with van der Waals surface area (Å²) in [4.78, 5) is 12.4. The minimum Gasteiger partial charge on any atom is -0.490 e. The quantitative estimate of drug-likeness (QED) is 0.582. The number of nitrogens with zero attached hydrogens (tertiary/aromatic N) is 2. The minimum atomic E-state index is -6.42. The highest BCUT2D eigenvalue weighted by Crippen LogP contribution is 2.54. The number of carbonyl (C=O) groups is 1. The van der Waals surface area contributed by atoms with Crippen molar-refractivity contribution in [3.63, 3.8) is 0 Å². The second kappa shape index (κ2) is 9.19. The molecule has 180 valence electrons. The van der Waals surface area contributed by atoms with Gasteiger partial charge in [-0.15, -0.1) is 0 Å². The Morgan fingerprint density at radius 2 is 1.53 bits per heavy atom. The van der Waals surface area contributed by atoms with E-state index < -0.39 is 53.0 Å². The van der Waals surface area contributed by atoms with Gasteiger partial charge in [-0.05, 0) is 43.3 Å². The van der Waals surface area contributed by atoms with Crippen LogP contribution in [0, 0.1) is 22.7 Å². The van der Waals surface area contributed by atoms with Gasteiger partial charge < -0.3 is 15.2 Å². The second-order valence-electron chi connectivity index (χ2n) is 7.18. The van der Waals surface area contributed by atoms with Crippen LogP contribution in [0.4, 0.5) is 36.4 Å². The van der Waals surface area contributed by atoms with E-state index in [0.29, 0.717) is 17.7 Å². The first-order chi connectivity index (χ1) is 15.6. The van der Waals surface area contributed by atoms with Gasteiger partial charge in [0, 0.05) is 11.3 Å². The second-order valence-corrected chi connectivity index (χ2v) is 7.18. The summed E-state index contributed by atoms with van der Waals surface area (Å²) >= 11 is 0. The zero-order chi connectivity index (χ0) is 25.9. The normalized spacial score (nSPS) is 13.9. The molecule has 0 fully saturated rings. The summed E-state index contributed by atoms with van der Waals surface area (Å²) in [5.41, 5.74) is -11.6. The van der Waals surface area contributed by atoms with Crippen LogP contribution >= 0.6 is 0 Å². The molecule has 0 aliphatic heterocycles. The fourth-order valence-corrected chi connectivity index (χ4v) is 2.66. The van der Waals surface area contributed by atoms with Gasteiger partial charge in [0.15, 0.2) is 5.60 Å². The number of alkyl halides is 7. The molecule has 2 aromatic carbocycles. The van der Waals surface area contributed by atoms with Gasteiger partial charge in [0.1, 0.15) is 12.4 Å². The number of nitriles is 2. The van der Waals surface area contributed by atoms with Crippen molar-refractivity contribution in [1.29, 1.82) is 10.5 Å². The van der Waals surface area contributed by atoms with Crippen LogP contribution in [0.1, 0.15) is 23.6 Å². The fourth-order valence-electron chi connectivity index (χ4n) is 2.66. The summed E-state index contributed by atoms with van der Waals surface area (Å²) in [7, 11) is 0. The lowest BCUT2D eigenvalue weighted by atomic mass is 9.90. The van der Waals surface area contributed by atoms with Crippen molar-refractivity contribution in [2.24, 2.45) is 0 Å². The van der Waals surface area contributed by atoms with Crippen molar-refractivity contribution >= 4 is 11.6 Å². The number of nitrogens with one attached hydrogen (secondary N) is 1. The van der Waals surface area contributed by atoms with Gasteiger partial charge in [0.05, 0.1) is 23.3 Å². The third-order valence-electron chi connectivity index (χ3n) is 4.54. The van der Waals surface area contributed by atoms with Crippen LogP contribution in [0.25, 0.3) is 0 Å². The summed E-state index contributed by atoms with van der Waals surface area (Å²) in [6, 6.07) is 9.52. The number of halogens is 7. The molecule has 13 heteroatoms. The maximum absolute atomic E-state index is 14.3. The zero-order valence-electron chi connectivity index (χ0n) is 17.1. The molecule has 0 aromatic heterocycles. The molecule has 2 rings (SSSR count). The van der Waals surface area contributed by atoms with Gasteiger partial charge in [-0.3, -0.25) is 4.79 Å². The standard InChI is InChI=1S/C21H14F7N3O3/c1-18(33,11-34-15-5-2-12(9-29)3-6-15)17(32)31-14-4-7-16(13(8-14)10-30)19(22,20(23,24)25)21(26,27)28/h2-8,33H,11H2,1H3,(H,31,32)/t18-/m1/s1. The first-order valence-electron chi connectivity index (χ1n) is 9.10. The molecule has 0 saturated heterocycles. The summed E-state index contributed by atoms with van der Waals surface area (Å²) in [6.07, 6.45) is -12.8.